The predicted molar refractivity (Wildman–Crippen MR) is 103 cm³/mol. The summed E-state index contributed by atoms with van der Waals surface area (Å²) in [5.41, 5.74) is 1.43. The smallest absolute Gasteiger partial charge is 0.342 e. The summed E-state index contributed by atoms with van der Waals surface area (Å²) in [6.45, 7) is 3.72. The second kappa shape index (κ2) is 7.08. The monoisotopic (exact) mass is 386 g/mol. The van der Waals surface area contributed by atoms with Gasteiger partial charge in [0.15, 0.2) is 0 Å². The Labute approximate surface area is 162 Å². The lowest BCUT2D eigenvalue weighted by molar-refractivity contribution is 0.0545. The molecule has 0 aliphatic carbocycles. The summed E-state index contributed by atoms with van der Waals surface area (Å²) < 4.78 is 15.9. The zero-order valence-electron chi connectivity index (χ0n) is 15.5. The highest BCUT2D eigenvalue weighted by Crippen LogP contribution is 2.41. The molecule has 1 aliphatic rings. The minimum absolute atomic E-state index is 0.0456. The molecule has 0 spiro atoms. The number of halogens is 1. The van der Waals surface area contributed by atoms with E-state index in [-0.39, 0.29) is 11.1 Å². The lowest BCUT2D eigenvalue weighted by Crippen LogP contribution is -2.30. The van der Waals surface area contributed by atoms with Crippen LogP contribution in [0.2, 0.25) is 5.02 Å². The molecule has 1 heterocycles. The van der Waals surface area contributed by atoms with Gasteiger partial charge in [0.1, 0.15) is 16.9 Å². The molecule has 0 amide bonds. The first-order chi connectivity index (χ1) is 12.8. The Hall–Kier alpha value is -2.79. The molecule has 140 valence electrons. The van der Waals surface area contributed by atoms with Crippen LogP contribution in [-0.2, 0) is 9.47 Å². The fourth-order valence-electron chi connectivity index (χ4n) is 2.98. The van der Waals surface area contributed by atoms with Gasteiger partial charge in [0.2, 0.25) is 0 Å². The minimum Gasteiger partial charge on any atom is -0.482 e. The molecule has 27 heavy (non-hydrogen) atoms. The van der Waals surface area contributed by atoms with Crippen molar-refractivity contribution in [2.45, 2.75) is 19.4 Å². The number of carbonyl (C=O) groups is 2. The van der Waals surface area contributed by atoms with Gasteiger partial charge in [-0.15, -0.1) is 0 Å². The van der Waals surface area contributed by atoms with E-state index in [9.17, 15) is 9.59 Å². The summed E-state index contributed by atoms with van der Waals surface area (Å²) in [6, 6.07) is 8.77. The number of rotatable bonds is 3. The first kappa shape index (κ1) is 19.0. The van der Waals surface area contributed by atoms with E-state index >= 15 is 0 Å². The zero-order valence-corrected chi connectivity index (χ0v) is 16.2. The standard InChI is InChI=1S/C21H19ClO5/c1-21(2)10-9-13-11-15(12-5-7-14(22)8-6-12)16(19(23)25-3)17(18(13)27-21)20(24)26-4/h5-11H,1-4H3. The largest absolute Gasteiger partial charge is 0.482 e. The summed E-state index contributed by atoms with van der Waals surface area (Å²) in [6.07, 6.45) is 3.76. The van der Waals surface area contributed by atoms with Crippen LogP contribution in [-0.4, -0.2) is 31.8 Å². The van der Waals surface area contributed by atoms with E-state index in [1.807, 2.05) is 26.0 Å². The zero-order chi connectivity index (χ0) is 19.8. The topological polar surface area (TPSA) is 61.8 Å². The van der Waals surface area contributed by atoms with Crippen molar-refractivity contribution in [1.82, 2.24) is 0 Å². The van der Waals surface area contributed by atoms with E-state index < -0.39 is 17.5 Å². The van der Waals surface area contributed by atoms with Crippen molar-refractivity contribution < 1.29 is 23.8 Å². The molecular formula is C21H19ClO5. The van der Waals surface area contributed by atoms with E-state index in [0.29, 0.717) is 27.5 Å². The molecule has 0 fully saturated rings. The molecule has 0 unspecified atom stereocenters. The summed E-state index contributed by atoms with van der Waals surface area (Å²) >= 11 is 5.98. The van der Waals surface area contributed by atoms with E-state index in [4.69, 9.17) is 25.8 Å². The molecule has 6 heteroatoms. The van der Waals surface area contributed by atoms with Crippen LogP contribution in [0.25, 0.3) is 17.2 Å². The van der Waals surface area contributed by atoms with Gasteiger partial charge in [-0.2, -0.15) is 0 Å². The number of ether oxygens (including phenoxy) is 3. The second-order valence-electron chi connectivity index (χ2n) is 6.62. The van der Waals surface area contributed by atoms with E-state index in [0.717, 1.165) is 0 Å². The van der Waals surface area contributed by atoms with Crippen LogP contribution in [0.4, 0.5) is 0 Å². The molecule has 0 saturated carbocycles. The summed E-state index contributed by atoms with van der Waals surface area (Å²) in [5, 5.41) is 0.564. The van der Waals surface area contributed by atoms with Crippen molar-refractivity contribution in [3.63, 3.8) is 0 Å². The quantitative estimate of drug-likeness (QED) is 0.711. The summed E-state index contributed by atoms with van der Waals surface area (Å²) in [7, 11) is 2.52. The number of methoxy groups -OCH3 is 2. The van der Waals surface area contributed by atoms with Crippen molar-refractivity contribution in [2.75, 3.05) is 14.2 Å². The molecule has 0 atom stereocenters. The molecule has 0 N–H and O–H groups in total. The Bertz CT molecular complexity index is 942. The fourth-order valence-corrected chi connectivity index (χ4v) is 3.10. The lowest BCUT2D eigenvalue weighted by atomic mass is 9.89. The van der Waals surface area contributed by atoms with Gasteiger partial charge in [-0.05, 0) is 49.2 Å². The number of hydrogen-bond acceptors (Lipinski definition) is 5. The first-order valence-electron chi connectivity index (χ1n) is 8.29. The molecule has 2 aromatic rings. The van der Waals surface area contributed by atoms with Crippen LogP contribution in [0.1, 0.15) is 40.1 Å². The summed E-state index contributed by atoms with van der Waals surface area (Å²) in [5.74, 6) is -1.03. The van der Waals surface area contributed by atoms with E-state index in [2.05, 4.69) is 0 Å². The number of carbonyl (C=O) groups excluding carboxylic acids is 2. The molecule has 3 rings (SSSR count). The van der Waals surface area contributed by atoms with Gasteiger partial charge in [0.05, 0.1) is 19.8 Å². The SMILES string of the molecule is COC(=O)c1c(-c2ccc(Cl)cc2)cc2c(c1C(=O)OC)OC(C)(C)C=C2. The Morgan fingerprint density at radius 3 is 2.19 bits per heavy atom. The van der Waals surface area contributed by atoms with Gasteiger partial charge in [-0.1, -0.05) is 29.8 Å². The van der Waals surface area contributed by atoms with Crippen LogP contribution in [0.15, 0.2) is 36.4 Å². The van der Waals surface area contributed by atoms with E-state index in [1.54, 1.807) is 30.3 Å². The fraction of sp³-hybridized carbons (Fsp3) is 0.238. The average Bonchev–Trinajstić information content (AvgIpc) is 2.65. The van der Waals surface area contributed by atoms with Crippen LogP contribution in [0.3, 0.4) is 0 Å². The predicted octanol–water partition coefficient (Wildman–Crippen LogP) is 4.76. The third kappa shape index (κ3) is 3.55. The van der Waals surface area contributed by atoms with Crippen LogP contribution >= 0.6 is 11.6 Å². The molecule has 0 bridgehead atoms. The van der Waals surface area contributed by atoms with Crippen LogP contribution in [0, 0.1) is 0 Å². The molecule has 1 aliphatic heterocycles. The van der Waals surface area contributed by atoms with Crippen molar-refractivity contribution in [3.05, 3.63) is 58.1 Å². The molecule has 0 saturated heterocycles. The maximum atomic E-state index is 12.6. The Morgan fingerprint density at radius 1 is 1.00 bits per heavy atom. The highest BCUT2D eigenvalue weighted by atomic mass is 35.5. The molecule has 2 aromatic carbocycles. The normalized spacial score (nSPS) is 14.1. The van der Waals surface area contributed by atoms with Gasteiger partial charge in [0.25, 0.3) is 0 Å². The number of fused-ring (bicyclic) bond motifs is 1. The van der Waals surface area contributed by atoms with Gasteiger partial charge < -0.3 is 14.2 Å². The molecule has 0 aromatic heterocycles. The minimum atomic E-state index is -0.673. The maximum Gasteiger partial charge on any atom is 0.342 e. The Morgan fingerprint density at radius 2 is 1.59 bits per heavy atom. The Balaban J connectivity index is 2.39. The van der Waals surface area contributed by atoms with Crippen LogP contribution in [0.5, 0.6) is 5.75 Å². The molecule has 5 nitrogen and oxygen atoms in total. The molecule has 0 radical (unpaired) electrons. The highest BCUT2D eigenvalue weighted by Gasteiger charge is 2.33. The van der Waals surface area contributed by atoms with Crippen molar-refractivity contribution in [1.29, 1.82) is 0 Å². The van der Waals surface area contributed by atoms with Gasteiger partial charge in [0, 0.05) is 10.6 Å². The van der Waals surface area contributed by atoms with Gasteiger partial charge >= 0.3 is 11.9 Å². The number of esters is 2. The third-order valence-corrected chi connectivity index (χ3v) is 4.52. The van der Waals surface area contributed by atoms with Crippen molar-refractivity contribution >= 4 is 29.6 Å². The van der Waals surface area contributed by atoms with Gasteiger partial charge in [-0.25, -0.2) is 9.59 Å². The Kier molecular flexibility index (Phi) is 4.98. The first-order valence-corrected chi connectivity index (χ1v) is 8.67. The number of benzene rings is 2. The van der Waals surface area contributed by atoms with Crippen LogP contribution < -0.4 is 4.74 Å². The highest BCUT2D eigenvalue weighted by molar-refractivity contribution is 6.30. The van der Waals surface area contributed by atoms with E-state index in [1.165, 1.54) is 14.2 Å². The average molecular weight is 387 g/mol. The third-order valence-electron chi connectivity index (χ3n) is 4.27. The van der Waals surface area contributed by atoms with Crippen molar-refractivity contribution in [3.8, 4) is 16.9 Å². The molecular weight excluding hydrogens is 368 g/mol. The maximum absolute atomic E-state index is 12.6. The lowest BCUT2D eigenvalue weighted by Gasteiger charge is -2.30. The van der Waals surface area contributed by atoms with Crippen molar-refractivity contribution in [2.24, 2.45) is 0 Å². The number of hydrogen-bond donors (Lipinski definition) is 0. The second-order valence-corrected chi connectivity index (χ2v) is 7.06. The summed E-state index contributed by atoms with van der Waals surface area (Å²) in [4.78, 5) is 25.3. The van der Waals surface area contributed by atoms with Gasteiger partial charge in [-0.3, -0.25) is 0 Å².